The molecule has 0 atom stereocenters. The van der Waals surface area contributed by atoms with Crippen molar-refractivity contribution in [1.82, 2.24) is 15.1 Å². The van der Waals surface area contributed by atoms with Gasteiger partial charge in [0.1, 0.15) is 0 Å². The number of nitrogens with one attached hydrogen (secondary N) is 1. The Bertz CT molecular complexity index is 366. The molecule has 1 N–H and O–H groups in total. The van der Waals surface area contributed by atoms with E-state index in [1.807, 2.05) is 0 Å². The smallest absolute Gasteiger partial charge is 0.0641 e. The fourth-order valence-electron chi connectivity index (χ4n) is 2.38. The first-order valence-corrected chi connectivity index (χ1v) is 7.82. The molecule has 1 aromatic rings. The minimum absolute atomic E-state index is 0.524. The lowest BCUT2D eigenvalue weighted by Gasteiger charge is -2.09. The number of hydrogen-bond acceptors (Lipinski definition) is 2. The number of rotatable bonds is 9. The molecule has 0 aromatic carbocycles. The van der Waals surface area contributed by atoms with E-state index >= 15 is 0 Å². The molecule has 1 heterocycles. The van der Waals surface area contributed by atoms with Crippen LogP contribution in [0.4, 0.5) is 0 Å². The van der Waals surface area contributed by atoms with Crippen LogP contribution in [0.1, 0.15) is 69.8 Å². The summed E-state index contributed by atoms with van der Waals surface area (Å²) in [6.45, 7) is 12.9. The topological polar surface area (TPSA) is 29.9 Å². The molecule has 0 unspecified atom stereocenters. The highest BCUT2D eigenvalue weighted by Gasteiger charge is 2.11. The molecule has 3 heteroatoms. The first-order chi connectivity index (χ1) is 9.06. The lowest BCUT2D eigenvalue weighted by Crippen LogP contribution is -2.22. The van der Waals surface area contributed by atoms with Crippen molar-refractivity contribution in [3.63, 3.8) is 0 Å². The van der Waals surface area contributed by atoms with Crippen LogP contribution in [-0.4, -0.2) is 15.8 Å². The van der Waals surface area contributed by atoms with Crippen molar-refractivity contribution in [3.05, 3.63) is 17.0 Å². The summed E-state index contributed by atoms with van der Waals surface area (Å²) in [6, 6.07) is 0.524. The van der Waals surface area contributed by atoms with Gasteiger partial charge in [0.05, 0.1) is 5.69 Å². The van der Waals surface area contributed by atoms with Crippen LogP contribution < -0.4 is 5.32 Å². The van der Waals surface area contributed by atoms with Crippen molar-refractivity contribution in [1.29, 1.82) is 0 Å². The Morgan fingerprint density at radius 3 is 2.42 bits per heavy atom. The third kappa shape index (κ3) is 5.35. The molecular formula is C16H31N3. The molecule has 110 valence electrons. The van der Waals surface area contributed by atoms with E-state index in [0.29, 0.717) is 6.04 Å². The Balaban J connectivity index is 2.48. The van der Waals surface area contributed by atoms with Crippen LogP contribution >= 0.6 is 0 Å². The van der Waals surface area contributed by atoms with E-state index in [0.717, 1.165) is 13.1 Å². The molecule has 1 rings (SSSR count). The summed E-state index contributed by atoms with van der Waals surface area (Å²) in [5.41, 5.74) is 3.89. The molecule has 0 saturated carbocycles. The third-order valence-corrected chi connectivity index (χ3v) is 3.69. The van der Waals surface area contributed by atoms with Crippen LogP contribution in [0.15, 0.2) is 0 Å². The molecule has 0 aliphatic heterocycles. The van der Waals surface area contributed by atoms with E-state index < -0.39 is 0 Å². The van der Waals surface area contributed by atoms with Crippen molar-refractivity contribution in [2.24, 2.45) is 0 Å². The van der Waals surface area contributed by atoms with Gasteiger partial charge in [0.25, 0.3) is 0 Å². The summed E-state index contributed by atoms with van der Waals surface area (Å²) in [7, 11) is 0. The van der Waals surface area contributed by atoms with E-state index in [1.165, 1.54) is 49.1 Å². The fraction of sp³-hybridized carbons (Fsp3) is 0.812. The van der Waals surface area contributed by atoms with Gasteiger partial charge in [-0.05, 0) is 20.3 Å². The highest BCUT2D eigenvalue weighted by Crippen LogP contribution is 2.14. The van der Waals surface area contributed by atoms with E-state index in [2.05, 4.69) is 49.7 Å². The minimum atomic E-state index is 0.524. The molecule has 0 aliphatic rings. The highest BCUT2D eigenvalue weighted by atomic mass is 15.3. The Kier molecular flexibility index (Phi) is 7.14. The summed E-state index contributed by atoms with van der Waals surface area (Å²) in [5.74, 6) is 0. The molecule has 0 radical (unpaired) electrons. The maximum atomic E-state index is 4.68. The zero-order chi connectivity index (χ0) is 14.3. The number of aromatic nitrogens is 2. The predicted octanol–water partition coefficient (Wildman–Crippen LogP) is 3.97. The van der Waals surface area contributed by atoms with Gasteiger partial charge in [0.15, 0.2) is 0 Å². The van der Waals surface area contributed by atoms with Crippen LogP contribution in [0, 0.1) is 13.8 Å². The molecule has 3 nitrogen and oxygen atoms in total. The monoisotopic (exact) mass is 265 g/mol. The van der Waals surface area contributed by atoms with Gasteiger partial charge in [-0.25, -0.2) is 0 Å². The average Bonchev–Trinajstić information content (AvgIpc) is 2.62. The molecule has 1 aromatic heterocycles. The number of aryl methyl sites for hydroxylation is 2. The largest absolute Gasteiger partial charge is 0.310 e. The van der Waals surface area contributed by atoms with Crippen LogP contribution in [0.2, 0.25) is 0 Å². The van der Waals surface area contributed by atoms with Gasteiger partial charge in [-0.2, -0.15) is 5.10 Å². The van der Waals surface area contributed by atoms with Gasteiger partial charge in [-0.15, -0.1) is 0 Å². The van der Waals surface area contributed by atoms with Gasteiger partial charge in [0, 0.05) is 30.4 Å². The van der Waals surface area contributed by atoms with Crippen molar-refractivity contribution in [2.75, 3.05) is 0 Å². The number of unbranched alkanes of at least 4 members (excludes halogenated alkanes) is 4. The molecule has 0 fully saturated rings. The summed E-state index contributed by atoms with van der Waals surface area (Å²) >= 11 is 0. The first-order valence-electron chi connectivity index (χ1n) is 7.82. The maximum Gasteiger partial charge on any atom is 0.0641 e. The van der Waals surface area contributed by atoms with Crippen molar-refractivity contribution >= 4 is 0 Å². The molecule has 0 spiro atoms. The second-order valence-electron chi connectivity index (χ2n) is 5.82. The third-order valence-electron chi connectivity index (χ3n) is 3.69. The zero-order valence-corrected chi connectivity index (χ0v) is 13.4. The van der Waals surface area contributed by atoms with Crippen LogP contribution in [0.5, 0.6) is 0 Å². The van der Waals surface area contributed by atoms with Gasteiger partial charge < -0.3 is 5.32 Å². The van der Waals surface area contributed by atoms with E-state index in [-0.39, 0.29) is 0 Å². The van der Waals surface area contributed by atoms with Crippen molar-refractivity contribution in [3.8, 4) is 0 Å². The quantitative estimate of drug-likeness (QED) is 0.685. The Morgan fingerprint density at radius 1 is 1.11 bits per heavy atom. The van der Waals surface area contributed by atoms with Gasteiger partial charge in [-0.1, -0.05) is 46.5 Å². The SMILES string of the molecule is CCCCCCCn1nc(C)c(CNC(C)C)c1C. The predicted molar refractivity (Wildman–Crippen MR) is 82.4 cm³/mol. The van der Waals surface area contributed by atoms with Gasteiger partial charge in [0.2, 0.25) is 0 Å². The molecule has 19 heavy (non-hydrogen) atoms. The van der Waals surface area contributed by atoms with Crippen molar-refractivity contribution < 1.29 is 0 Å². The second-order valence-corrected chi connectivity index (χ2v) is 5.82. The Hall–Kier alpha value is -0.830. The summed E-state index contributed by atoms with van der Waals surface area (Å²) in [4.78, 5) is 0. The molecular weight excluding hydrogens is 234 g/mol. The molecule has 0 amide bonds. The van der Waals surface area contributed by atoms with Crippen LogP contribution in [-0.2, 0) is 13.1 Å². The van der Waals surface area contributed by atoms with E-state index in [1.54, 1.807) is 0 Å². The Labute approximate surface area is 118 Å². The molecule has 0 saturated heterocycles. The lowest BCUT2D eigenvalue weighted by atomic mass is 10.1. The first kappa shape index (κ1) is 16.2. The fourth-order valence-corrected chi connectivity index (χ4v) is 2.38. The van der Waals surface area contributed by atoms with Crippen molar-refractivity contribution in [2.45, 2.75) is 85.9 Å². The normalized spacial score (nSPS) is 11.5. The van der Waals surface area contributed by atoms with Gasteiger partial charge in [-0.3, -0.25) is 4.68 Å². The Morgan fingerprint density at radius 2 is 1.79 bits per heavy atom. The summed E-state index contributed by atoms with van der Waals surface area (Å²) in [6.07, 6.45) is 6.61. The lowest BCUT2D eigenvalue weighted by molar-refractivity contribution is 0.521. The zero-order valence-electron chi connectivity index (χ0n) is 13.4. The number of hydrogen-bond donors (Lipinski definition) is 1. The molecule has 0 bridgehead atoms. The standard InChI is InChI=1S/C16H31N3/c1-6-7-8-9-10-11-19-15(5)16(14(4)18-19)12-17-13(2)3/h13,17H,6-12H2,1-5H3. The average molecular weight is 265 g/mol. The van der Waals surface area contributed by atoms with E-state index in [9.17, 15) is 0 Å². The summed E-state index contributed by atoms with van der Waals surface area (Å²) in [5, 5.41) is 8.17. The highest BCUT2D eigenvalue weighted by molar-refractivity contribution is 5.24. The maximum absolute atomic E-state index is 4.68. The second kappa shape index (κ2) is 8.36. The number of nitrogens with zero attached hydrogens (tertiary/aromatic N) is 2. The molecule has 0 aliphatic carbocycles. The minimum Gasteiger partial charge on any atom is -0.310 e. The van der Waals surface area contributed by atoms with E-state index in [4.69, 9.17) is 0 Å². The van der Waals surface area contributed by atoms with Crippen LogP contribution in [0.25, 0.3) is 0 Å². The van der Waals surface area contributed by atoms with Gasteiger partial charge >= 0.3 is 0 Å². The summed E-state index contributed by atoms with van der Waals surface area (Å²) < 4.78 is 2.19. The van der Waals surface area contributed by atoms with Crippen LogP contribution in [0.3, 0.4) is 0 Å².